The Morgan fingerprint density at radius 2 is 1.91 bits per heavy atom. The third-order valence-electron chi connectivity index (χ3n) is 6.25. The number of likely N-dealkylation sites (tertiary alicyclic amines) is 1. The lowest BCUT2D eigenvalue weighted by Crippen LogP contribution is -2.39. The van der Waals surface area contributed by atoms with E-state index in [-0.39, 0.29) is 17.3 Å². The van der Waals surface area contributed by atoms with Gasteiger partial charge in [-0.25, -0.2) is 22.3 Å². The fourth-order valence-corrected chi connectivity index (χ4v) is 5.12. The maximum Gasteiger partial charge on any atom is 0.256 e. The van der Waals surface area contributed by atoms with Crippen molar-refractivity contribution in [2.75, 3.05) is 17.5 Å². The molecular formula is C23H26FN5O3S. The molecule has 0 spiro atoms. The summed E-state index contributed by atoms with van der Waals surface area (Å²) in [5, 5.41) is 4.76. The Balaban J connectivity index is 1.52. The van der Waals surface area contributed by atoms with E-state index in [0.717, 1.165) is 66.8 Å². The van der Waals surface area contributed by atoms with E-state index in [2.05, 4.69) is 10.8 Å². The molecule has 0 radical (unpaired) electrons. The van der Waals surface area contributed by atoms with Crippen molar-refractivity contribution in [3.63, 3.8) is 0 Å². The summed E-state index contributed by atoms with van der Waals surface area (Å²) in [6, 6.07) is 7.19. The van der Waals surface area contributed by atoms with Crippen LogP contribution in [0.4, 0.5) is 10.1 Å². The van der Waals surface area contributed by atoms with Crippen LogP contribution in [-0.2, 0) is 10.0 Å². The Morgan fingerprint density at radius 3 is 2.64 bits per heavy atom. The quantitative estimate of drug-likeness (QED) is 0.611. The highest BCUT2D eigenvalue weighted by Crippen LogP contribution is 2.40. The van der Waals surface area contributed by atoms with E-state index in [1.165, 1.54) is 6.07 Å². The van der Waals surface area contributed by atoms with Gasteiger partial charge < -0.3 is 4.90 Å². The first kappa shape index (κ1) is 21.8. The highest BCUT2D eigenvalue weighted by molar-refractivity contribution is 7.92. The molecule has 1 saturated heterocycles. The van der Waals surface area contributed by atoms with Crippen LogP contribution in [0.1, 0.15) is 71.5 Å². The number of halogens is 1. The molecule has 1 atom stereocenters. The summed E-state index contributed by atoms with van der Waals surface area (Å²) in [7, 11) is -3.64. The van der Waals surface area contributed by atoms with Crippen LogP contribution in [0.2, 0.25) is 0 Å². The number of amides is 1. The van der Waals surface area contributed by atoms with Crippen molar-refractivity contribution in [3.8, 4) is 0 Å². The highest BCUT2D eigenvalue weighted by atomic mass is 32.2. The number of benzene rings is 1. The molecule has 0 unspecified atom stereocenters. The van der Waals surface area contributed by atoms with Gasteiger partial charge in [-0.1, -0.05) is 0 Å². The number of aryl methyl sites for hydroxylation is 1. The molecule has 2 aromatic heterocycles. The maximum absolute atomic E-state index is 14.0. The minimum absolute atomic E-state index is 0.0126. The second-order valence-corrected chi connectivity index (χ2v) is 10.8. The van der Waals surface area contributed by atoms with E-state index in [9.17, 15) is 17.6 Å². The van der Waals surface area contributed by atoms with Crippen LogP contribution in [0.15, 0.2) is 30.3 Å². The molecule has 0 bridgehead atoms. The van der Waals surface area contributed by atoms with Gasteiger partial charge in [0.05, 0.1) is 29.2 Å². The summed E-state index contributed by atoms with van der Waals surface area (Å²) in [5.41, 5.74) is 3.62. The molecule has 1 aliphatic heterocycles. The monoisotopic (exact) mass is 471 g/mol. The Kier molecular flexibility index (Phi) is 5.35. The lowest BCUT2D eigenvalue weighted by molar-refractivity contribution is 0.0606. The van der Waals surface area contributed by atoms with Crippen molar-refractivity contribution in [3.05, 3.63) is 58.8 Å². The number of carbonyl (C=O) groups excluding carboxylic acids is 1. The molecule has 2 aliphatic rings. The van der Waals surface area contributed by atoms with E-state index < -0.39 is 21.7 Å². The third-order valence-corrected chi connectivity index (χ3v) is 6.84. The van der Waals surface area contributed by atoms with Crippen LogP contribution >= 0.6 is 0 Å². The van der Waals surface area contributed by atoms with E-state index in [4.69, 9.17) is 10.1 Å². The van der Waals surface area contributed by atoms with Gasteiger partial charge >= 0.3 is 0 Å². The summed E-state index contributed by atoms with van der Waals surface area (Å²) in [6.07, 6.45) is 5.77. The Hall–Kier alpha value is -3.01. The molecule has 1 N–H and O–H groups in total. The second-order valence-electron chi connectivity index (χ2n) is 9.01. The number of aromatic nitrogens is 3. The summed E-state index contributed by atoms with van der Waals surface area (Å²) >= 11 is 0. The fourth-order valence-electron chi connectivity index (χ4n) is 4.54. The van der Waals surface area contributed by atoms with Gasteiger partial charge in [-0.3, -0.25) is 9.52 Å². The average molecular weight is 472 g/mol. The van der Waals surface area contributed by atoms with Crippen LogP contribution < -0.4 is 4.72 Å². The Labute approximate surface area is 191 Å². The van der Waals surface area contributed by atoms with E-state index in [1.807, 2.05) is 13.0 Å². The molecule has 5 rings (SSSR count). The van der Waals surface area contributed by atoms with Gasteiger partial charge in [-0.15, -0.1) is 0 Å². The van der Waals surface area contributed by atoms with Gasteiger partial charge in [0.2, 0.25) is 10.0 Å². The lowest BCUT2D eigenvalue weighted by Gasteiger charge is -2.35. The first-order valence-corrected chi connectivity index (χ1v) is 13.0. The number of hydrogen-bond donors (Lipinski definition) is 1. The number of piperidine rings is 1. The second kappa shape index (κ2) is 8.09. The molecule has 3 heterocycles. The summed E-state index contributed by atoms with van der Waals surface area (Å²) in [5.74, 6) is -0.509. The zero-order chi connectivity index (χ0) is 23.3. The standard InChI is InChI=1S/C23H26FN5O3S/c1-14-11-19(15-6-7-15)25-22-13-20(26-29(14)22)21-5-3-4-10-28(21)23(30)17-12-16(24)8-9-18(17)27-33(2,31)32/h8-9,11-13,15,21,27H,3-7,10H2,1-2H3/t21-/m0/s1. The highest BCUT2D eigenvalue weighted by Gasteiger charge is 2.33. The predicted octanol–water partition coefficient (Wildman–Crippen LogP) is 3.79. The SMILES string of the molecule is Cc1cc(C2CC2)nc2cc([C@@H]3CCCCN3C(=O)c3cc(F)ccc3NS(C)(=O)=O)nn12. The molecule has 1 amide bonds. The Bertz CT molecular complexity index is 1350. The average Bonchev–Trinajstić information content (AvgIpc) is 3.52. The normalized spacial score (nSPS) is 19.1. The van der Waals surface area contributed by atoms with Gasteiger partial charge in [0.25, 0.3) is 5.91 Å². The van der Waals surface area contributed by atoms with E-state index >= 15 is 0 Å². The first-order chi connectivity index (χ1) is 15.7. The number of carbonyl (C=O) groups is 1. The summed E-state index contributed by atoms with van der Waals surface area (Å²) in [4.78, 5) is 20.0. The largest absolute Gasteiger partial charge is 0.330 e. The van der Waals surface area contributed by atoms with Crippen LogP contribution in [0, 0.1) is 12.7 Å². The number of sulfonamides is 1. The number of hydrogen-bond acceptors (Lipinski definition) is 5. The lowest BCUT2D eigenvalue weighted by atomic mass is 9.98. The number of anilines is 1. The molecular weight excluding hydrogens is 445 g/mol. The van der Waals surface area contributed by atoms with E-state index in [0.29, 0.717) is 18.9 Å². The van der Waals surface area contributed by atoms with E-state index in [1.54, 1.807) is 9.42 Å². The smallest absolute Gasteiger partial charge is 0.256 e. The van der Waals surface area contributed by atoms with Gasteiger partial charge in [0.15, 0.2) is 5.65 Å². The topological polar surface area (TPSA) is 96.7 Å². The van der Waals surface area contributed by atoms with Gasteiger partial charge in [0.1, 0.15) is 5.82 Å². The van der Waals surface area contributed by atoms with Crippen molar-refractivity contribution in [2.24, 2.45) is 0 Å². The number of nitrogens with one attached hydrogen (secondary N) is 1. The molecule has 1 aliphatic carbocycles. The zero-order valence-corrected chi connectivity index (χ0v) is 19.4. The summed E-state index contributed by atoms with van der Waals surface area (Å²) in [6.45, 7) is 2.48. The minimum atomic E-state index is -3.64. The molecule has 8 nitrogen and oxygen atoms in total. The number of nitrogens with zero attached hydrogens (tertiary/aromatic N) is 4. The summed E-state index contributed by atoms with van der Waals surface area (Å²) < 4.78 is 41.8. The number of rotatable bonds is 5. The molecule has 1 aromatic carbocycles. The fraction of sp³-hybridized carbons (Fsp3) is 0.435. The number of fused-ring (bicyclic) bond motifs is 1. The van der Waals surface area contributed by atoms with Gasteiger partial charge in [-0.2, -0.15) is 5.10 Å². The van der Waals surface area contributed by atoms with Crippen molar-refractivity contribution < 1.29 is 17.6 Å². The molecule has 1 saturated carbocycles. The van der Waals surface area contributed by atoms with Crippen molar-refractivity contribution in [1.29, 1.82) is 0 Å². The van der Waals surface area contributed by atoms with Gasteiger partial charge in [0, 0.05) is 29.9 Å². The van der Waals surface area contributed by atoms with Crippen LogP contribution in [0.3, 0.4) is 0 Å². The molecule has 2 fully saturated rings. The molecule has 10 heteroatoms. The van der Waals surface area contributed by atoms with Crippen LogP contribution in [0.25, 0.3) is 5.65 Å². The Morgan fingerprint density at radius 1 is 1.12 bits per heavy atom. The third kappa shape index (κ3) is 4.44. The first-order valence-electron chi connectivity index (χ1n) is 11.1. The predicted molar refractivity (Wildman–Crippen MR) is 122 cm³/mol. The van der Waals surface area contributed by atoms with Crippen molar-refractivity contribution >= 4 is 27.3 Å². The van der Waals surface area contributed by atoms with Crippen molar-refractivity contribution in [2.45, 2.75) is 51.0 Å². The zero-order valence-electron chi connectivity index (χ0n) is 18.6. The minimum Gasteiger partial charge on any atom is -0.330 e. The van der Waals surface area contributed by atoms with Crippen molar-refractivity contribution in [1.82, 2.24) is 19.5 Å². The molecule has 174 valence electrons. The van der Waals surface area contributed by atoms with Crippen LogP contribution in [-0.4, -0.2) is 46.6 Å². The maximum atomic E-state index is 14.0. The molecule has 33 heavy (non-hydrogen) atoms. The van der Waals surface area contributed by atoms with Crippen LogP contribution in [0.5, 0.6) is 0 Å². The van der Waals surface area contributed by atoms with Gasteiger partial charge in [-0.05, 0) is 63.3 Å². The molecule has 3 aromatic rings.